The highest BCUT2D eigenvalue weighted by molar-refractivity contribution is 8.14. The van der Waals surface area contributed by atoms with E-state index in [0.717, 1.165) is 34.2 Å². The molecular weight excluding hydrogens is 332 g/mol. The smallest absolute Gasteiger partial charge is 0.191 e. The van der Waals surface area contributed by atoms with Crippen LogP contribution in [0.1, 0.15) is 28.2 Å². The number of hydrogen-bond acceptors (Lipinski definition) is 4. The van der Waals surface area contributed by atoms with Crippen molar-refractivity contribution < 1.29 is 9.59 Å². The normalized spacial score (nSPS) is 11.0. The molecule has 0 fully saturated rings. The molecule has 0 atom stereocenters. The third kappa shape index (κ3) is 4.17. The Balaban J connectivity index is 1.55. The van der Waals surface area contributed by atoms with Crippen molar-refractivity contribution in [2.24, 2.45) is 0 Å². The summed E-state index contributed by atoms with van der Waals surface area (Å²) in [7, 11) is 0. The van der Waals surface area contributed by atoms with E-state index in [9.17, 15) is 9.59 Å². The van der Waals surface area contributed by atoms with Gasteiger partial charge in [-0.1, -0.05) is 53.7 Å². The molecule has 2 aromatic carbocycles. The summed E-state index contributed by atoms with van der Waals surface area (Å²) in [4.78, 5) is 28.8. The number of rotatable bonds is 6. The number of nitrogens with zero attached hydrogens (tertiary/aromatic N) is 2. The topological polar surface area (TPSA) is 52.0 Å². The Labute approximate surface area is 151 Å². The van der Waals surface area contributed by atoms with Gasteiger partial charge in [0.2, 0.25) is 0 Å². The van der Waals surface area contributed by atoms with Gasteiger partial charge in [-0.3, -0.25) is 9.59 Å². The second-order valence-electron chi connectivity index (χ2n) is 6.00. The minimum Gasteiger partial charge on any atom is -0.328 e. The van der Waals surface area contributed by atoms with E-state index >= 15 is 0 Å². The molecule has 1 aromatic heterocycles. The molecule has 0 aliphatic heterocycles. The summed E-state index contributed by atoms with van der Waals surface area (Å²) in [5.74, 6) is 1.07. The zero-order chi connectivity index (χ0) is 17.8. The molecule has 0 aliphatic carbocycles. The Kier molecular flexibility index (Phi) is 5.34. The van der Waals surface area contributed by atoms with E-state index in [4.69, 9.17) is 0 Å². The van der Waals surface area contributed by atoms with E-state index < -0.39 is 0 Å². The summed E-state index contributed by atoms with van der Waals surface area (Å²) in [6.07, 6.45) is 0.382. The van der Waals surface area contributed by atoms with Gasteiger partial charge in [-0.2, -0.15) is 0 Å². The molecule has 4 nitrogen and oxygen atoms in total. The molecule has 5 heteroatoms. The van der Waals surface area contributed by atoms with Crippen molar-refractivity contribution in [1.82, 2.24) is 9.55 Å². The maximum Gasteiger partial charge on any atom is 0.191 e. The molecule has 3 aromatic rings. The van der Waals surface area contributed by atoms with Gasteiger partial charge in [-0.25, -0.2) is 4.98 Å². The third-order valence-corrected chi connectivity index (χ3v) is 5.06. The Morgan fingerprint density at radius 2 is 1.76 bits per heavy atom. The van der Waals surface area contributed by atoms with Gasteiger partial charge in [0.1, 0.15) is 5.82 Å². The lowest BCUT2D eigenvalue weighted by atomic mass is 10.1. The molecule has 1 heterocycles. The van der Waals surface area contributed by atoms with Crippen molar-refractivity contribution in [3.8, 4) is 0 Å². The molecule has 0 saturated heterocycles. The largest absolute Gasteiger partial charge is 0.328 e. The molecule has 0 spiro atoms. The molecule has 0 amide bonds. The first kappa shape index (κ1) is 17.4. The number of aryl methyl sites for hydroxylation is 3. The number of fused-ring (bicyclic) bond motifs is 1. The number of ketones is 1. The van der Waals surface area contributed by atoms with Crippen LogP contribution in [-0.4, -0.2) is 26.2 Å². The number of benzene rings is 2. The number of thioether (sulfide) groups is 1. The van der Waals surface area contributed by atoms with Crippen molar-refractivity contribution in [2.75, 3.05) is 5.75 Å². The molecule has 0 bridgehead atoms. The van der Waals surface area contributed by atoms with Gasteiger partial charge in [0.05, 0.1) is 16.8 Å². The van der Waals surface area contributed by atoms with E-state index in [-0.39, 0.29) is 16.7 Å². The van der Waals surface area contributed by atoms with Crippen LogP contribution in [0.3, 0.4) is 0 Å². The van der Waals surface area contributed by atoms with Gasteiger partial charge < -0.3 is 4.57 Å². The summed E-state index contributed by atoms with van der Waals surface area (Å²) in [6, 6.07) is 15.3. The predicted octanol–water partition coefficient (Wildman–Crippen LogP) is 4.19. The first-order valence-electron chi connectivity index (χ1n) is 8.22. The SMILES string of the molecule is Cc1ccc(C(=O)CSC(=O)CCn2c(C)nc3ccccc32)cc1. The van der Waals surface area contributed by atoms with Crippen LogP contribution in [0.15, 0.2) is 48.5 Å². The maximum atomic E-state index is 12.2. The molecule has 128 valence electrons. The van der Waals surface area contributed by atoms with Gasteiger partial charge in [0.15, 0.2) is 10.9 Å². The Hall–Kier alpha value is -2.40. The first-order chi connectivity index (χ1) is 12.0. The van der Waals surface area contributed by atoms with Crippen LogP contribution < -0.4 is 0 Å². The van der Waals surface area contributed by atoms with Crippen LogP contribution in [-0.2, 0) is 11.3 Å². The average Bonchev–Trinajstić information content (AvgIpc) is 2.93. The molecule has 0 unspecified atom stereocenters. The number of carbonyl (C=O) groups excluding carboxylic acids is 2. The quantitative estimate of drug-likeness (QED) is 0.624. The first-order valence-corrected chi connectivity index (χ1v) is 9.20. The second-order valence-corrected chi connectivity index (χ2v) is 7.03. The van der Waals surface area contributed by atoms with Crippen LogP contribution >= 0.6 is 11.8 Å². The van der Waals surface area contributed by atoms with E-state index in [0.29, 0.717) is 18.5 Å². The molecule has 0 aliphatic rings. The van der Waals surface area contributed by atoms with Gasteiger partial charge in [0.25, 0.3) is 0 Å². The summed E-state index contributed by atoms with van der Waals surface area (Å²) in [6.45, 7) is 4.50. The van der Waals surface area contributed by atoms with E-state index in [1.165, 1.54) is 0 Å². The number of imidazole rings is 1. The van der Waals surface area contributed by atoms with Crippen molar-refractivity contribution >= 4 is 33.7 Å². The molecule has 0 N–H and O–H groups in total. The molecular formula is C20H20N2O2S. The van der Waals surface area contributed by atoms with Gasteiger partial charge in [-0.05, 0) is 26.0 Å². The molecule has 25 heavy (non-hydrogen) atoms. The van der Waals surface area contributed by atoms with Crippen LogP contribution in [0.2, 0.25) is 0 Å². The van der Waals surface area contributed by atoms with E-state index in [1.54, 1.807) is 0 Å². The highest BCUT2D eigenvalue weighted by Gasteiger charge is 2.12. The Bertz CT molecular complexity index is 913. The fourth-order valence-corrected chi connectivity index (χ4v) is 3.42. The Morgan fingerprint density at radius 3 is 2.52 bits per heavy atom. The summed E-state index contributed by atoms with van der Waals surface area (Å²) < 4.78 is 2.05. The number of carbonyl (C=O) groups is 2. The zero-order valence-corrected chi connectivity index (χ0v) is 15.2. The summed E-state index contributed by atoms with van der Waals surface area (Å²) >= 11 is 1.09. The summed E-state index contributed by atoms with van der Waals surface area (Å²) in [5, 5.41) is 0.0256. The minimum absolute atomic E-state index is 0.0115. The number of aromatic nitrogens is 2. The van der Waals surface area contributed by atoms with Crippen LogP contribution in [0.4, 0.5) is 0 Å². The zero-order valence-electron chi connectivity index (χ0n) is 14.4. The fourth-order valence-electron chi connectivity index (χ4n) is 2.72. The van der Waals surface area contributed by atoms with Crippen LogP contribution in [0.5, 0.6) is 0 Å². The Morgan fingerprint density at radius 1 is 1.04 bits per heavy atom. The van der Waals surface area contributed by atoms with Crippen LogP contribution in [0, 0.1) is 13.8 Å². The second kappa shape index (κ2) is 7.66. The third-order valence-electron chi connectivity index (χ3n) is 4.12. The fraction of sp³-hybridized carbons (Fsp3) is 0.250. The number of hydrogen-bond donors (Lipinski definition) is 0. The standard InChI is InChI=1S/C20H20N2O2S/c1-14-7-9-16(10-8-14)19(23)13-25-20(24)11-12-22-15(2)21-17-5-3-4-6-18(17)22/h3-10H,11-13H2,1-2H3. The number of Topliss-reactive ketones (excluding diaryl/α,β-unsaturated/α-hetero) is 1. The van der Waals surface area contributed by atoms with Crippen molar-refractivity contribution in [1.29, 1.82) is 0 Å². The van der Waals surface area contributed by atoms with Gasteiger partial charge in [-0.15, -0.1) is 0 Å². The molecule has 0 radical (unpaired) electrons. The monoisotopic (exact) mass is 352 g/mol. The maximum absolute atomic E-state index is 12.2. The summed E-state index contributed by atoms with van der Waals surface area (Å²) in [5.41, 5.74) is 3.74. The lowest BCUT2D eigenvalue weighted by molar-refractivity contribution is -0.111. The van der Waals surface area contributed by atoms with Gasteiger partial charge in [0, 0.05) is 18.5 Å². The predicted molar refractivity (Wildman–Crippen MR) is 102 cm³/mol. The average molecular weight is 352 g/mol. The lowest BCUT2D eigenvalue weighted by Gasteiger charge is -2.06. The van der Waals surface area contributed by atoms with Crippen molar-refractivity contribution in [2.45, 2.75) is 26.8 Å². The van der Waals surface area contributed by atoms with Crippen molar-refractivity contribution in [3.63, 3.8) is 0 Å². The van der Waals surface area contributed by atoms with Gasteiger partial charge >= 0.3 is 0 Å². The van der Waals surface area contributed by atoms with E-state index in [2.05, 4.69) is 9.55 Å². The van der Waals surface area contributed by atoms with Crippen LogP contribution in [0.25, 0.3) is 11.0 Å². The van der Waals surface area contributed by atoms with Crippen molar-refractivity contribution in [3.05, 3.63) is 65.5 Å². The molecule has 3 rings (SSSR count). The highest BCUT2D eigenvalue weighted by Crippen LogP contribution is 2.17. The lowest BCUT2D eigenvalue weighted by Crippen LogP contribution is -2.08. The minimum atomic E-state index is -0.0115. The molecule has 0 saturated carbocycles. The number of para-hydroxylation sites is 2. The highest BCUT2D eigenvalue weighted by atomic mass is 32.2. The van der Waals surface area contributed by atoms with E-state index in [1.807, 2.05) is 62.4 Å².